The van der Waals surface area contributed by atoms with E-state index in [2.05, 4.69) is 10.1 Å². The van der Waals surface area contributed by atoms with Crippen molar-refractivity contribution < 1.29 is 4.79 Å². The first kappa shape index (κ1) is 10.8. The van der Waals surface area contributed by atoms with Crippen molar-refractivity contribution in [3.05, 3.63) is 47.5 Å². The van der Waals surface area contributed by atoms with Gasteiger partial charge in [-0.25, -0.2) is 9.67 Å². The number of hydrogen-bond acceptors (Lipinski definition) is 4. The number of primary amides is 1. The summed E-state index contributed by atoms with van der Waals surface area (Å²) in [5.41, 5.74) is 6.50. The predicted octanol–water partition coefficient (Wildman–Crippen LogP) is 0.297. The number of nitrogens with zero attached hydrogens (tertiary/aromatic N) is 4. The van der Waals surface area contributed by atoms with Crippen LogP contribution < -0.4 is 5.73 Å². The van der Waals surface area contributed by atoms with Crippen molar-refractivity contribution in [2.45, 2.75) is 6.54 Å². The molecule has 6 nitrogen and oxygen atoms in total. The van der Waals surface area contributed by atoms with E-state index in [1.807, 2.05) is 12.1 Å². The van der Waals surface area contributed by atoms with Crippen LogP contribution in [0.15, 0.2) is 30.6 Å². The van der Waals surface area contributed by atoms with E-state index in [9.17, 15) is 4.79 Å². The molecule has 2 N–H and O–H groups in total. The highest BCUT2D eigenvalue weighted by atomic mass is 16.1. The second-order valence-corrected chi connectivity index (χ2v) is 3.44. The Morgan fingerprint density at radius 3 is 3.00 bits per heavy atom. The maximum Gasteiger partial charge on any atom is 0.252 e. The van der Waals surface area contributed by atoms with Crippen molar-refractivity contribution >= 4 is 5.91 Å². The second-order valence-electron chi connectivity index (χ2n) is 3.44. The maximum absolute atomic E-state index is 11.0. The molecule has 0 aliphatic carbocycles. The minimum Gasteiger partial charge on any atom is -0.366 e. The van der Waals surface area contributed by atoms with Crippen LogP contribution in [0, 0.1) is 11.3 Å². The Morgan fingerprint density at radius 1 is 1.53 bits per heavy atom. The van der Waals surface area contributed by atoms with Gasteiger partial charge in [0.25, 0.3) is 5.82 Å². The van der Waals surface area contributed by atoms with Crippen molar-refractivity contribution in [1.29, 1.82) is 5.26 Å². The van der Waals surface area contributed by atoms with Crippen LogP contribution in [0.25, 0.3) is 0 Å². The number of nitriles is 1. The standard InChI is InChI=1S/C11H9N5O/c12-5-10-14-7-16(15-10)6-8-2-1-3-9(4-8)11(13)17/h1-4,7H,6H2,(H2,13,17). The molecule has 0 saturated heterocycles. The molecule has 0 aliphatic heterocycles. The van der Waals surface area contributed by atoms with Crippen LogP contribution in [-0.4, -0.2) is 20.7 Å². The van der Waals surface area contributed by atoms with Gasteiger partial charge in [-0.05, 0) is 17.7 Å². The smallest absolute Gasteiger partial charge is 0.252 e. The van der Waals surface area contributed by atoms with Gasteiger partial charge in [0.1, 0.15) is 12.4 Å². The average molecular weight is 227 g/mol. The summed E-state index contributed by atoms with van der Waals surface area (Å²) in [6.07, 6.45) is 1.47. The Kier molecular flexibility index (Phi) is 2.83. The first-order chi connectivity index (χ1) is 8.19. The third-order valence-corrected chi connectivity index (χ3v) is 2.19. The fraction of sp³-hybridized carbons (Fsp3) is 0.0909. The first-order valence-electron chi connectivity index (χ1n) is 4.87. The van der Waals surface area contributed by atoms with E-state index in [4.69, 9.17) is 11.0 Å². The van der Waals surface area contributed by atoms with E-state index in [0.29, 0.717) is 12.1 Å². The minimum atomic E-state index is -0.469. The second kappa shape index (κ2) is 4.45. The van der Waals surface area contributed by atoms with Crippen molar-refractivity contribution in [2.24, 2.45) is 5.73 Å². The van der Waals surface area contributed by atoms with Crippen LogP contribution in [0.2, 0.25) is 0 Å². The Balaban J connectivity index is 2.21. The van der Waals surface area contributed by atoms with Crippen molar-refractivity contribution in [2.75, 3.05) is 0 Å². The minimum absolute atomic E-state index is 0.121. The highest BCUT2D eigenvalue weighted by Gasteiger charge is 2.03. The summed E-state index contributed by atoms with van der Waals surface area (Å²) in [5.74, 6) is -0.348. The van der Waals surface area contributed by atoms with Gasteiger partial charge in [0.05, 0.1) is 6.54 Å². The molecule has 0 spiro atoms. The summed E-state index contributed by atoms with van der Waals surface area (Å²) in [4.78, 5) is 14.8. The fourth-order valence-corrected chi connectivity index (χ4v) is 1.43. The number of amides is 1. The van der Waals surface area contributed by atoms with Gasteiger partial charge >= 0.3 is 0 Å². The molecular formula is C11H9N5O. The Bertz CT molecular complexity index is 596. The van der Waals surface area contributed by atoms with E-state index in [1.165, 1.54) is 11.0 Å². The van der Waals surface area contributed by atoms with Crippen molar-refractivity contribution in [1.82, 2.24) is 14.8 Å². The van der Waals surface area contributed by atoms with Crippen LogP contribution in [0.1, 0.15) is 21.7 Å². The molecule has 0 aliphatic rings. The highest BCUT2D eigenvalue weighted by molar-refractivity contribution is 5.92. The van der Waals surface area contributed by atoms with E-state index in [0.717, 1.165) is 5.56 Å². The number of hydrogen-bond donors (Lipinski definition) is 1. The summed E-state index contributed by atoms with van der Waals surface area (Å²) in [7, 11) is 0. The molecule has 0 bridgehead atoms. The zero-order chi connectivity index (χ0) is 12.3. The summed E-state index contributed by atoms with van der Waals surface area (Å²) >= 11 is 0. The normalized spacial score (nSPS) is 9.82. The number of nitrogens with two attached hydrogens (primary N) is 1. The number of aromatic nitrogens is 3. The van der Waals surface area contributed by atoms with E-state index < -0.39 is 5.91 Å². The van der Waals surface area contributed by atoms with Gasteiger partial charge in [-0.1, -0.05) is 12.1 Å². The molecule has 1 heterocycles. The number of rotatable bonds is 3. The molecule has 1 aromatic heterocycles. The SMILES string of the molecule is N#Cc1ncn(Cc2cccc(C(N)=O)c2)n1. The molecule has 0 unspecified atom stereocenters. The quantitative estimate of drug-likeness (QED) is 0.815. The van der Waals surface area contributed by atoms with Crippen LogP contribution >= 0.6 is 0 Å². The molecule has 84 valence electrons. The maximum atomic E-state index is 11.0. The molecule has 0 radical (unpaired) electrons. The van der Waals surface area contributed by atoms with Gasteiger partial charge in [-0.15, -0.1) is 5.10 Å². The van der Waals surface area contributed by atoms with Crippen molar-refractivity contribution in [3.8, 4) is 6.07 Å². The lowest BCUT2D eigenvalue weighted by molar-refractivity contribution is 0.1000. The highest BCUT2D eigenvalue weighted by Crippen LogP contribution is 2.06. The third-order valence-electron chi connectivity index (χ3n) is 2.19. The molecule has 2 aromatic rings. The van der Waals surface area contributed by atoms with Crippen molar-refractivity contribution in [3.63, 3.8) is 0 Å². The number of benzene rings is 1. The largest absolute Gasteiger partial charge is 0.366 e. The summed E-state index contributed by atoms with van der Waals surface area (Å²) in [6.45, 7) is 0.440. The lowest BCUT2D eigenvalue weighted by Crippen LogP contribution is -2.11. The van der Waals surface area contributed by atoms with Crippen LogP contribution in [0.3, 0.4) is 0 Å². The van der Waals surface area contributed by atoms with Crippen LogP contribution in [0.4, 0.5) is 0 Å². The number of carbonyl (C=O) groups excluding carboxylic acids is 1. The molecule has 0 fully saturated rings. The third kappa shape index (κ3) is 2.46. The molecular weight excluding hydrogens is 218 g/mol. The Labute approximate surface area is 97.3 Å². The van der Waals surface area contributed by atoms with Gasteiger partial charge in [-0.2, -0.15) is 5.26 Å². The number of carbonyl (C=O) groups is 1. The van der Waals surface area contributed by atoms with Crippen LogP contribution in [-0.2, 0) is 6.54 Å². The zero-order valence-corrected chi connectivity index (χ0v) is 8.87. The Hall–Kier alpha value is -2.68. The molecule has 2 rings (SSSR count). The zero-order valence-electron chi connectivity index (χ0n) is 8.87. The molecule has 1 amide bonds. The van der Waals surface area contributed by atoms with E-state index in [1.54, 1.807) is 18.2 Å². The molecule has 0 atom stereocenters. The lowest BCUT2D eigenvalue weighted by Gasteiger charge is -2.02. The molecule has 1 aromatic carbocycles. The lowest BCUT2D eigenvalue weighted by atomic mass is 10.1. The molecule has 6 heteroatoms. The fourth-order valence-electron chi connectivity index (χ4n) is 1.43. The Morgan fingerprint density at radius 2 is 2.35 bits per heavy atom. The molecule has 0 saturated carbocycles. The van der Waals surface area contributed by atoms with E-state index in [-0.39, 0.29) is 5.82 Å². The van der Waals surface area contributed by atoms with Gasteiger partial charge in [-0.3, -0.25) is 4.79 Å². The summed E-state index contributed by atoms with van der Waals surface area (Å²) < 4.78 is 1.53. The topological polar surface area (TPSA) is 97.6 Å². The van der Waals surface area contributed by atoms with Gasteiger partial charge in [0, 0.05) is 5.56 Å². The van der Waals surface area contributed by atoms with Crippen LogP contribution in [0.5, 0.6) is 0 Å². The summed E-state index contributed by atoms with van der Waals surface area (Å²) in [5, 5.41) is 12.5. The predicted molar refractivity (Wildman–Crippen MR) is 58.8 cm³/mol. The summed E-state index contributed by atoms with van der Waals surface area (Å²) in [6, 6.07) is 8.78. The van der Waals surface area contributed by atoms with Gasteiger partial charge in [0.15, 0.2) is 0 Å². The van der Waals surface area contributed by atoms with E-state index >= 15 is 0 Å². The van der Waals surface area contributed by atoms with Gasteiger partial charge in [0.2, 0.25) is 5.91 Å². The average Bonchev–Trinajstić information content (AvgIpc) is 2.77. The monoisotopic (exact) mass is 227 g/mol. The molecule has 17 heavy (non-hydrogen) atoms. The van der Waals surface area contributed by atoms with Gasteiger partial charge < -0.3 is 5.73 Å². The first-order valence-corrected chi connectivity index (χ1v) is 4.87.